The normalized spacial score (nSPS) is 23.2. The summed E-state index contributed by atoms with van der Waals surface area (Å²) in [5.41, 5.74) is 8.92. The van der Waals surface area contributed by atoms with Crippen LogP contribution < -0.4 is 15.1 Å². The van der Waals surface area contributed by atoms with Gasteiger partial charge >= 0.3 is 0 Å². The zero-order valence-electron chi connectivity index (χ0n) is 29.6. The Morgan fingerprint density at radius 2 is 1.31 bits per heavy atom. The van der Waals surface area contributed by atoms with Gasteiger partial charge in [0.1, 0.15) is 5.75 Å². The third-order valence-electron chi connectivity index (χ3n) is 12.2. The van der Waals surface area contributed by atoms with Crippen molar-refractivity contribution in [3.05, 3.63) is 125 Å². The van der Waals surface area contributed by atoms with Crippen molar-refractivity contribution in [1.82, 2.24) is 10.2 Å². The van der Waals surface area contributed by atoms with Crippen LogP contribution in [0.4, 0.5) is 11.4 Å². The fourth-order valence-corrected chi connectivity index (χ4v) is 9.17. The Kier molecular flexibility index (Phi) is 9.81. The van der Waals surface area contributed by atoms with Gasteiger partial charge in [-0.05, 0) is 121 Å². The first-order valence-corrected chi connectivity index (χ1v) is 19.1. The number of phenols is 1. The van der Waals surface area contributed by atoms with E-state index in [9.17, 15) is 14.7 Å². The molecule has 0 spiro atoms. The summed E-state index contributed by atoms with van der Waals surface area (Å²) in [6.07, 6.45) is 6.84. The van der Waals surface area contributed by atoms with E-state index in [2.05, 4.69) is 105 Å². The first kappa shape index (κ1) is 33.5. The molecule has 0 bridgehead atoms. The van der Waals surface area contributed by atoms with Crippen molar-refractivity contribution < 1.29 is 14.7 Å². The number of imide groups is 1. The summed E-state index contributed by atoms with van der Waals surface area (Å²) >= 11 is 0. The van der Waals surface area contributed by atoms with Gasteiger partial charge in [0, 0.05) is 63.0 Å². The smallest absolute Gasteiger partial charge is 0.234 e. The highest BCUT2D eigenvalue weighted by Crippen LogP contribution is 2.47. The molecule has 2 amide bonds. The number of benzene rings is 4. The summed E-state index contributed by atoms with van der Waals surface area (Å²) in [5, 5.41) is 12.7. The van der Waals surface area contributed by atoms with Crippen LogP contribution in [0.1, 0.15) is 84.1 Å². The molecule has 1 aliphatic carbocycles. The molecule has 7 heteroatoms. The lowest BCUT2D eigenvalue weighted by Crippen LogP contribution is -2.47. The molecule has 3 saturated heterocycles. The minimum absolute atomic E-state index is 0.166. The number of anilines is 2. The number of carbonyl (C=O) groups excluding carboxylic acids is 2. The van der Waals surface area contributed by atoms with E-state index in [-0.39, 0.29) is 23.7 Å². The molecule has 3 heterocycles. The predicted molar refractivity (Wildman–Crippen MR) is 204 cm³/mol. The van der Waals surface area contributed by atoms with Gasteiger partial charge in [-0.2, -0.15) is 0 Å². The minimum Gasteiger partial charge on any atom is -0.508 e. The average molecular weight is 683 g/mol. The van der Waals surface area contributed by atoms with E-state index in [0.717, 1.165) is 63.6 Å². The van der Waals surface area contributed by atoms with Crippen molar-refractivity contribution in [2.75, 3.05) is 55.6 Å². The maximum atomic E-state index is 12.3. The molecule has 4 aromatic rings. The lowest BCUT2D eigenvalue weighted by molar-refractivity contribution is -0.134. The third kappa shape index (κ3) is 7.41. The summed E-state index contributed by atoms with van der Waals surface area (Å²) in [7, 11) is 0. The minimum atomic E-state index is -0.225. The van der Waals surface area contributed by atoms with Crippen molar-refractivity contribution in [3.63, 3.8) is 0 Å². The molecule has 3 aliphatic heterocycles. The molecule has 8 rings (SSSR count). The predicted octanol–water partition coefficient (Wildman–Crippen LogP) is 7.20. The summed E-state index contributed by atoms with van der Waals surface area (Å²) in [6.45, 7) is 7.61. The largest absolute Gasteiger partial charge is 0.508 e. The number of carbonyl (C=O) groups is 2. The van der Waals surface area contributed by atoms with Crippen LogP contribution >= 0.6 is 0 Å². The van der Waals surface area contributed by atoms with Crippen LogP contribution in [0.5, 0.6) is 5.75 Å². The molecule has 4 aromatic carbocycles. The van der Waals surface area contributed by atoms with Crippen LogP contribution in [0, 0.1) is 5.92 Å². The lowest BCUT2D eigenvalue weighted by Gasteiger charge is -2.38. The van der Waals surface area contributed by atoms with Gasteiger partial charge < -0.3 is 14.9 Å². The highest BCUT2D eigenvalue weighted by atomic mass is 16.3. The van der Waals surface area contributed by atoms with Gasteiger partial charge in [-0.3, -0.25) is 19.8 Å². The number of piperazine rings is 1. The molecule has 3 atom stereocenters. The topological polar surface area (TPSA) is 76.1 Å². The van der Waals surface area contributed by atoms with Crippen LogP contribution in [-0.4, -0.2) is 67.6 Å². The van der Waals surface area contributed by atoms with Gasteiger partial charge in [0.05, 0.1) is 5.92 Å². The zero-order valence-corrected chi connectivity index (χ0v) is 29.6. The first-order valence-electron chi connectivity index (χ1n) is 19.1. The maximum Gasteiger partial charge on any atom is 0.234 e. The van der Waals surface area contributed by atoms with Crippen molar-refractivity contribution in [2.24, 2.45) is 5.92 Å². The van der Waals surface area contributed by atoms with E-state index in [1.165, 1.54) is 59.4 Å². The monoisotopic (exact) mass is 682 g/mol. The van der Waals surface area contributed by atoms with Crippen molar-refractivity contribution in [2.45, 2.75) is 62.7 Å². The summed E-state index contributed by atoms with van der Waals surface area (Å²) in [5.74, 6) is 1.28. The SMILES string of the molecule is O=C1CCC(c2ccc(N3CCN(CCC4CCN(c5ccc([C@@H]6c7ccc(O)cc7CC[C@@H]6c6ccccc6)cc5)CC4)CC3)cc2)C(=O)N1. The molecule has 3 fully saturated rings. The Morgan fingerprint density at radius 3 is 2.00 bits per heavy atom. The van der Waals surface area contributed by atoms with Crippen molar-refractivity contribution in [3.8, 4) is 5.75 Å². The molecule has 0 aromatic heterocycles. The second-order valence-corrected chi connectivity index (χ2v) is 15.2. The second kappa shape index (κ2) is 14.9. The number of fused-ring (bicyclic) bond motifs is 1. The number of rotatable bonds is 8. The number of nitrogens with zero attached hydrogens (tertiary/aromatic N) is 3. The van der Waals surface area contributed by atoms with Gasteiger partial charge in [-0.25, -0.2) is 0 Å². The molecule has 4 aliphatic rings. The number of aromatic hydroxyl groups is 1. The van der Waals surface area contributed by atoms with Gasteiger partial charge in [-0.15, -0.1) is 0 Å². The first-order chi connectivity index (χ1) is 25.0. The van der Waals surface area contributed by atoms with Crippen LogP contribution in [0.2, 0.25) is 0 Å². The number of piperidine rings is 2. The van der Waals surface area contributed by atoms with E-state index in [0.29, 0.717) is 24.5 Å². The molecule has 0 radical (unpaired) electrons. The standard InChI is InChI=1S/C44H50N4O3/c49-38-15-17-40-35(30-38)10-16-39(32-4-2-1-3-5-32)43(40)34-8-13-36(14-9-34)47-24-21-31(22-25-47)20-23-46-26-28-48(29-27-46)37-11-6-33(7-12-37)41-18-19-42(50)45-44(41)51/h1-9,11-15,17,30-31,39,41,43,49H,10,16,18-29H2,(H,45,50,51)/t39-,41?,43+/m1/s1. The maximum absolute atomic E-state index is 12.3. The fourth-order valence-electron chi connectivity index (χ4n) is 9.17. The number of phenolic OH excluding ortho intramolecular Hbond substituents is 1. The highest BCUT2D eigenvalue weighted by molar-refractivity contribution is 6.00. The number of nitrogens with one attached hydrogen (secondary N) is 1. The van der Waals surface area contributed by atoms with Crippen LogP contribution in [0.25, 0.3) is 0 Å². The van der Waals surface area contributed by atoms with Crippen LogP contribution in [-0.2, 0) is 16.0 Å². The quantitative estimate of drug-likeness (QED) is 0.192. The molecule has 51 heavy (non-hydrogen) atoms. The summed E-state index contributed by atoms with van der Waals surface area (Å²) < 4.78 is 0. The molecule has 7 nitrogen and oxygen atoms in total. The Bertz CT molecular complexity index is 1810. The van der Waals surface area contributed by atoms with E-state index >= 15 is 0 Å². The van der Waals surface area contributed by atoms with Crippen LogP contribution in [0.15, 0.2) is 97.1 Å². The number of amides is 2. The van der Waals surface area contributed by atoms with Gasteiger partial charge in [0.15, 0.2) is 0 Å². The van der Waals surface area contributed by atoms with E-state index in [1.54, 1.807) is 0 Å². The molecule has 0 saturated carbocycles. The molecular formula is C44H50N4O3. The number of hydrogen-bond acceptors (Lipinski definition) is 6. The molecule has 264 valence electrons. The average Bonchev–Trinajstić information content (AvgIpc) is 3.17. The van der Waals surface area contributed by atoms with Crippen molar-refractivity contribution >= 4 is 23.2 Å². The van der Waals surface area contributed by atoms with Crippen molar-refractivity contribution in [1.29, 1.82) is 0 Å². The van der Waals surface area contributed by atoms with Gasteiger partial charge in [-0.1, -0.05) is 60.7 Å². The fraction of sp³-hybridized carbons (Fsp3) is 0.409. The van der Waals surface area contributed by atoms with Gasteiger partial charge in [0.25, 0.3) is 0 Å². The van der Waals surface area contributed by atoms with Gasteiger partial charge in [0.2, 0.25) is 11.8 Å². The van der Waals surface area contributed by atoms with E-state index in [4.69, 9.17) is 0 Å². The van der Waals surface area contributed by atoms with E-state index < -0.39 is 0 Å². The lowest BCUT2D eigenvalue weighted by atomic mass is 9.69. The molecule has 2 N–H and O–H groups in total. The molecular weight excluding hydrogens is 633 g/mol. The molecule has 1 unspecified atom stereocenters. The Balaban J connectivity index is 0.816. The Hall–Kier alpha value is -4.62. The zero-order chi connectivity index (χ0) is 34.7. The van der Waals surface area contributed by atoms with E-state index in [1.807, 2.05) is 12.1 Å². The van der Waals surface area contributed by atoms with Crippen LogP contribution in [0.3, 0.4) is 0 Å². The number of hydrogen-bond donors (Lipinski definition) is 2. The second-order valence-electron chi connectivity index (χ2n) is 15.2. The Labute approximate surface area is 302 Å². The summed E-state index contributed by atoms with van der Waals surface area (Å²) in [6, 6.07) is 34.7. The third-order valence-corrected chi connectivity index (χ3v) is 12.2. The summed E-state index contributed by atoms with van der Waals surface area (Å²) in [4.78, 5) is 31.5. The number of aryl methyl sites for hydroxylation is 1. The highest BCUT2D eigenvalue weighted by Gasteiger charge is 2.33. The Morgan fingerprint density at radius 1 is 0.647 bits per heavy atom.